The third-order valence-electron chi connectivity index (χ3n) is 7.86. The van der Waals surface area contributed by atoms with Crippen LogP contribution in [0.2, 0.25) is 0 Å². The minimum atomic E-state index is -0.785. The lowest BCUT2D eigenvalue weighted by molar-refractivity contribution is -0.133. The topological polar surface area (TPSA) is 120 Å². The highest BCUT2D eigenvalue weighted by atomic mass is 16.2. The largest absolute Gasteiger partial charge is 0.351 e. The zero-order valence-corrected chi connectivity index (χ0v) is 26.4. The summed E-state index contributed by atoms with van der Waals surface area (Å²) >= 11 is 0. The van der Waals surface area contributed by atoms with E-state index >= 15 is 0 Å². The molecule has 42 heavy (non-hydrogen) atoms. The van der Waals surface area contributed by atoms with Gasteiger partial charge in [0.05, 0.1) is 6.54 Å². The van der Waals surface area contributed by atoms with Crippen LogP contribution in [-0.4, -0.2) is 66.8 Å². The number of benzene rings is 1. The second kappa shape index (κ2) is 20.1. The molecule has 1 aromatic carbocycles. The van der Waals surface area contributed by atoms with Gasteiger partial charge in [0.25, 0.3) is 0 Å². The van der Waals surface area contributed by atoms with Crippen molar-refractivity contribution in [3.05, 3.63) is 35.9 Å². The Morgan fingerprint density at radius 1 is 0.786 bits per heavy atom. The molecule has 9 heteroatoms. The standard InChI is InChI=1S/C33H55N5O4/c1-5-6-7-8-9-10-14-19-27-22-29(39)34-23-30(40)36-28(32(41)37-31(25(2)3)33(42)35-27)20-15-16-21-38(4)24-26-17-12-11-13-18-26/h11-13,17-18,25,27-28,31H,5-10,14-16,19-24H2,1-4H3,(H,34,39)(H,35,42)(H,36,40)(H,37,41)/t27-,28+,31+/m1/s1. The molecular weight excluding hydrogens is 530 g/mol. The maximum atomic E-state index is 13.4. The number of rotatable bonds is 16. The van der Waals surface area contributed by atoms with Gasteiger partial charge >= 0.3 is 0 Å². The van der Waals surface area contributed by atoms with Crippen LogP contribution in [0.15, 0.2) is 30.3 Å². The van der Waals surface area contributed by atoms with Gasteiger partial charge in [0.2, 0.25) is 23.6 Å². The summed E-state index contributed by atoms with van der Waals surface area (Å²) in [6.07, 6.45) is 10.8. The fourth-order valence-corrected chi connectivity index (χ4v) is 5.35. The van der Waals surface area contributed by atoms with E-state index in [2.05, 4.69) is 52.3 Å². The number of hydrogen-bond acceptors (Lipinski definition) is 5. The molecule has 0 aliphatic carbocycles. The molecule has 2 rings (SSSR count). The maximum absolute atomic E-state index is 13.4. The first kappa shape index (κ1) is 35.3. The Balaban J connectivity index is 1.97. The first-order chi connectivity index (χ1) is 20.2. The molecule has 1 saturated heterocycles. The molecule has 236 valence electrons. The summed E-state index contributed by atoms with van der Waals surface area (Å²) in [5.74, 6) is -1.51. The molecule has 4 N–H and O–H groups in total. The van der Waals surface area contributed by atoms with Crippen LogP contribution in [0.5, 0.6) is 0 Å². The van der Waals surface area contributed by atoms with Gasteiger partial charge in [-0.2, -0.15) is 0 Å². The summed E-state index contributed by atoms with van der Waals surface area (Å²) in [5, 5.41) is 11.4. The lowest BCUT2D eigenvalue weighted by atomic mass is 9.99. The van der Waals surface area contributed by atoms with E-state index in [0.717, 1.165) is 45.2 Å². The second-order valence-corrected chi connectivity index (χ2v) is 12.2. The Kier molecular flexibility index (Phi) is 16.8. The van der Waals surface area contributed by atoms with Gasteiger partial charge in [-0.05, 0) is 50.8 Å². The molecule has 1 heterocycles. The van der Waals surface area contributed by atoms with Crippen LogP contribution < -0.4 is 21.3 Å². The predicted molar refractivity (Wildman–Crippen MR) is 167 cm³/mol. The minimum absolute atomic E-state index is 0.105. The molecule has 0 bridgehead atoms. The van der Waals surface area contributed by atoms with Crippen molar-refractivity contribution in [1.29, 1.82) is 0 Å². The molecule has 0 aromatic heterocycles. The maximum Gasteiger partial charge on any atom is 0.243 e. The molecule has 0 radical (unpaired) electrons. The number of hydrogen-bond donors (Lipinski definition) is 4. The Labute approximate surface area is 253 Å². The van der Waals surface area contributed by atoms with Crippen molar-refractivity contribution < 1.29 is 19.2 Å². The highest BCUT2D eigenvalue weighted by Gasteiger charge is 2.31. The van der Waals surface area contributed by atoms with Gasteiger partial charge in [-0.25, -0.2) is 0 Å². The summed E-state index contributed by atoms with van der Waals surface area (Å²) in [7, 11) is 2.07. The minimum Gasteiger partial charge on any atom is -0.351 e. The highest BCUT2D eigenvalue weighted by Crippen LogP contribution is 2.13. The number of nitrogens with zero attached hydrogens (tertiary/aromatic N) is 1. The molecule has 1 aliphatic rings. The van der Waals surface area contributed by atoms with Gasteiger partial charge in [0.1, 0.15) is 12.1 Å². The first-order valence-electron chi connectivity index (χ1n) is 16.1. The van der Waals surface area contributed by atoms with Crippen LogP contribution in [-0.2, 0) is 25.7 Å². The molecular formula is C33H55N5O4. The van der Waals surface area contributed by atoms with E-state index < -0.39 is 18.0 Å². The SMILES string of the molecule is CCCCCCCCC[C@@H]1CC(=O)NCC(=O)N[C@@H](CCCCN(C)Cc2ccccc2)C(=O)N[C@@H](C(C)C)C(=O)N1. The van der Waals surface area contributed by atoms with E-state index in [-0.39, 0.29) is 42.6 Å². The second-order valence-electron chi connectivity index (χ2n) is 12.2. The van der Waals surface area contributed by atoms with Gasteiger partial charge in [-0.3, -0.25) is 19.2 Å². The normalized spacial score (nSPS) is 20.7. The van der Waals surface area contributed by atoms with Crippen LogP contribution in [0.25, 0.3) is 0 Å². The van der Waals surface area contributed by atoms with Gasteiger partial charge < -0.3 is 26.2 Å². The van der Waals surface area contributed by atoms with Crippen LogP contribution in [0.4, 0.5) is 0 Å². The van der Waals surface area contributed by atoms with Crippen molar-refractivity contribution in [1.82, 2.24) is 26.2 Å². The van der Waals surface area contributed by atoms with Crippen LogP contribution in [0, 0.1) is 5.92 Å². The van der Waals surface area contributed by atoms with Crippen molar-refractivity contribution in [3.63, 3.8) is 0 Å². The van der Waals surface area contributed by atoms with Gasteiger partial charge in [0, 0.05) is 19.0 Å². The monoisotopic (exact) mass is 585 g/mol. The summed E-state index contributed by atoms with van der Waals surface area (Å²) in [5.41, 5.74) is 1.24. The summed E-state index contributed by atoms with van der Waals surface area (Å²) in [6, 6.07) is 8.37. The molecule has 0 unspecified atom stereocenters. The summed E-state index contributed by atoms with van der Waals surface area (Å²) in [4.78, 5) is 54.3. The molecule has 1 aromatic rings. The predicted octanol–water partition coefficient (Wildman–Crippen LogP) is 4.06. The number of nitrogens with one attached hydrogen (secondary N) is 4. The van der Waals surface area contributed by atoms with E-state index in [4.69, 9.17) is 0 Å². The van der Waals surface area contributed by atoms with E-state index in [1.54, 1.807) is 0 Å². The van der Waals surface area contributed by atoms with Crippen molar-refractivity contribution in [2.45, 2.75) is 122 Å². The molecule has 0 saturated carbocycles. The van der Waals surface area contributed by atoms with Gasteiger partial charge in [-0.15, -0.1) is 0 Å². The molecule has 3 atom stereocenters. The van der Waals surface area contributed by atoms with Crippen LogP contribution in [0.1, 0.15) is 103 Å². The summed E-state index contributed by atoms with van der Waals surface area (Å²) in [6.45, 7) is 7.46. The highest BCUT2D eigenvalue weighted by molar-refractivity contribution is 5.94. The Morgan fingerprint density at radius 2 is 1.45 bits per heavy atom. The zero-order chi connectivity index (χ0) is 30.7. The van der Waals surface area contributed by atoms with Gasteiger partial charge in [-0.1, -0.05) is 96.0 Å². The van der Waals surface area contributed by atoms with Crippen molar-refractivity contribution in [2.24, 2.45) is 5.92 Å². The quantitative estimate of drug-likeness (QED) is 0.218. The Bertz CT molecular complexity index is 955. The zero-order valence-electron chi connectivity index (χ0n) is 26.4. The van der Waals surface area contributed by atoms with E-state index in [1.807, 2.05) is 32.0 Å². The van der Waals surface area contributed by atoms with Crippen molar-refractivity contribution >= 4 is 23.6 Å². The molecule has 9 nitrogen and oxygen atoms in total. The average molecular weight is 586 g/mol. The third-order valence-corrected chi connectivity index (χ3v) is 7.86. The fourth-order valence-electron chi connectivity index (χ4n) is 5.35. The molecule has 4 amide bonds. The fraction of sp³-hybridized carbons (Fsp3) is 0.697. The Morgan fingerprint density at radius 3 is 2.14 bits per heavy atom. The molecule has 0 spiro atoms. The van der Waals surface area contributed by atoms with E-state index in [1.165, 1.54) is 31.2 Å². The van der Waals surface area contributed by atoms with Crippen molar-refractivity contribution in [2.75, 3.05) is 20.1 Å². The van der Waals surface area contributed by atoms with Crippen LogP contribution >= 0.6 is 0 Å². The average Bonchev–Trinajstić information content (AvgIpc) is 2.96. The van der Waals surface area contributed by atoms with E-state index in [0.29, 0.717) is 12.8 Å². The third kappa shape index (κ3) is 14.3. The lowest BCUT2D eigenvalue weighted by Crippen LogP contribution is -2.56. The lowest BCUT2D eigenvalue weighted by Gasteiger charge is -2.27. The number of amides is 4. The van der Waals surface area contributed by atoms with E-state index in [9.17, 15) is 19.2 Å². The number of unbranched alkanes of at least 4 members (excludes halogenated alkanes) is 7. The Hall–Kier alpha value is -2.94. The number of carbonyl (C=O) groups excluding carboxylic acids is 4. The van der Waals surface area contributed by atoms with Gasteiger partial charge in [0.15, 0.2) is 0 Å². The van der Waals surface area contributed by atoms with Crippen molar-refractivity contribution in [3.8, 4) is 0 Å². The smallest absolute Gasteiger partial charge is 0.243 e. The number of carbonyl (C=O) groups is 4. The molecule has 1 aliphatic heterocycles. The first-order valence-corrected chi connectivity index (χ1v) is 16.1. The molecule has 1 fully saturated rings. The summed E-state index contributed by atoms with van der Waals surface area (Å²) < 4.78 is 0. The van der Waals surface area contributed by atoms with Crippen LogP contribution in [0.3, 0.4) is 0 Å².